The van der Waals surface area contributed by atoms with E-state index in [0.717, 1.165) is 151 Å². The second-order valence-electron chi connectivity index (χ2n) is 40.5. The molecule has 13 rings (SSSR count). The van der Waals surface area contributed by atoms with Crippen LogP contribution >= 0.6 is 0 Å². The van der Waals surface area contributed by atoms with Gasteiger partial charge >= 0.3 is 59.7 Å². The number of esters is 10. The molecule has 8 aliphatic rings. The number of phenolic OH excluding ortho intramolecular Hbond substituents is 2. The van der Waals surface area contributed by atoms with Gasteiger partial charge in [-0.05, 0) is 325 Å². The van der Waals surface area contributed by atoms with Gasteiger partial charge in [0.15, 0.2) is 19.8 Å². The number of phenols is 2. The Morgan fingerprint density at radius 3 is 1.24 bits per heavy atom. The summed E-state index contributed by atoms with van der Waals surface area (Å²) in [6, 6.07) is 37.8. The SMILES string of the molecule is C=CC1(OC(=O)COC(=O)C(C)(C)CC)CCCC1.CCC(C)(C)C(=O)OC12CC3CC(CC(O)(C3)C1)C2.CCC(C)(C)C(=O)OC1CCOC1=O.CCC(C)(C)C(=O)OCC(=O)OC1(c2ccccc2)CCCCC1.CCC(C)(C)C(=O)OCC(=O)OC1(c2ccccc2)CCCCC1.CCC(C)(C)C(=O)Oc1ccc(O)cc1.CCC(C)c1ccc2cc(O)ccc2c1. The van der Waals surface area contributed by atoms with Crippen LogP contribution in [0.2, 0.25) is 0 Å². The molecule has 1 saturated heterocycles. The zero-order chi connectivity index (χ0) is 96.7. The molecule has 720 valence electrons. The van der Waals surface area contributed by atoms with Crippen molar-refractivity contribution in [1.82, 2.24) is 0 Å². The maximum Gasteiger partial charge on any atom is 0.347 e. The number of rotatable bonds is 29. The second-order valence-corrected chi connectivity index (χ2v) is 40.5. The van der Waals surface area contributed by atoms with Gasteiger partial charge in [-0.25, -0.2) is 19.2 Å². The summed E-state index contributed by atoms with van der Waals surface area (Å²) >= 11 is 0. The van der Waals surface area contributed by atoms with E-state index in [4.69, 9.17) is 52.5 Å². The van der Waals surface area contributed by atoms with E-state index in [1.165, 1.54) is 29.5 Å². The average Bonchev–Trinajstić information content (AvgIpc) is 0.770. The highest BCUT2D eigenvalue weighted by Crippen LogP contribution is 2.59. The zero-order valence-corrected chi connectivity index (χ0v) is 81.8. The van der Waals surface area contributed by atoms with E-state index >= 15 is 0 Å². The van der Waals surface area contributed by atoms with Gasteiger partial charge in [-0.2, -0.15) is 0 Å². The van der Waals surface area contributed by atoms with E-state index in [1.807, 2.05) is 164 Å². The Bertz CT molecular complexity index is 4380. The van der Waals surface area contributed by atoms with Crippen molar-refractivity contribution < 1.29 is 111 Å². The summed E-state index contributed by atoms with van der Waals surface area (Å²) in [5.74, 6) is -0.961. The second kappa shape index (κ2) is 48.7. The summed E-state index contributed by atoms with van der Waals surface area (Å²) in [7, 11) is 0. The van der Waals surface area contributed by atoms with Crippen LogP contribution in [0.15, 0.2) is 134 Å². The lowest BCUT2D eigenvalue weighted by Crippen LogP contribution is -2.61. The fraction of sp³-hybridized carbons (Fsp3) is 0.626. The minimum absolute atomic E-state index is 0.0828. The van der Waals surface area contributed by atoms with Gasteiger partial charge in [0.05, 0.1) is 44.7 Å². The number of hydrogen-bond acceptors (Lipinski definition) is 23. The molecule has 23 nitrogen and oxygen atoms in total. The molecule has 130 heavy (non-hydrogen) atoms. The maximum atomic E-state index is 12.4. The molecule has 0 radical (unpaired) electrons. The van der Waals surface area contributed by atoms with Crippen LogP contribution in [0.5, 0.6) is 17.2 Å². The van der Waals surface area contributed by atoms with Gasteiger partial charge in [0.25, 0.3) is 0 Å². The van der Waals surface area contributed by atoms with E-state index in [-0.39, 0.29) is 67.0 Å². The number of aromatic hydroxyl groups is 2. The topological polar surface area (TPSA) is 324 Å². The van der Waals surface area contributed by atoms with Crippen molar-refractivity contribution >= 4 is 70.5 Å². The first-order chi connectivity index (χ1) is 61.0. The molecule has 0 aromatic heterocycles. The smallest absolute Gasteiger partial charge is 0.347 e. The van der Waals surface area contributed by atoms with Crippen LogP contribution < -0.4 is 4.74 Å². The van der Waals surface area contributed by atoms with E-state index < -0.39 is 84.9 Å². The van der Waals surface area contributed by atoms with Gasteiger partial charge in [0, 0.05) is 12.8 Å². The minimum Gasteiger partial charge on any atom is -0.508 e. The van der Waals surface area contributed by atoms with Crippen molar-refractivity contribution in [2.45, 2.75) is 358 Å². The van der Waals surface area contributed by atoms with Crippen LogP contribution in [0.1, 0.15) is 341 Å². The Kier molecular flexibility index (Phi) is 40.8. The highest BCUT2D eigenvalue weighted by atomic mass is 16.6. The van der Waals surface area contributed by atoms with Crippen LogP contribution in [0.25, 0.3) is 10.8 Å². The number of carbonyl (C=O) groups is 10. The van der Waals surface area contributed by atoms with Gasteiger partial charge in [-0.3, -0.25) is 28.8 Å². The predicted octanol–water partition coefficient (Wildman–Crippen LogP) is 22.9. The quantitative estimate of drug-likeness (QED) is 0.0173. The normalized spacial score (nSPS) is 20.6. The molecule has 1 heterocycles. The number of fused-ring (bicyclic) bond motifs is 1. The molecule has 7 saturated carbocycles. The lowest BCUT2D eigenvalue weighted by molar-refractivity contribution is -0.225. The number of carbonyl (C=O) groups excluding carboxylic acids is 10. The summed E-state index contributed by atoms with van der Waals surface area (Å²) in [4.78, 5) is 119. The van der Waals surface area contributed by atoms with Crippen molar-refractivity contribution in [3.63, 3.8) is 0 Å². The maximum absolute atomic E-state index is 12.4. The molecule has 7 aliphatic carbocycles. The van der Waals surface area contributed by atoms with Crippen molar-refractivity contribution in [3.8, 4) is 17.2 Å². The largest absolute Gasteiger partial charge is 0.508 e. The molecule has 4 unspecified atom stereocenters. The summed E-state index contributed by atoms with van der Waals surface area (Å²) in [6.45, 7) is 41.2. The zero-order valence-electron chi connectivity index (χ0n) is 81.8. The molecule has 4 bridgehead atoms. The molecule has 0 spiro atoms. The monoisotopic (exact) mass is 1810 g/mol. The van der Waals surface area contributed by atoms with Crippen molar-refractivity contribution in [2.75, 3.05) is 26.4 Å². The Hall–Kier alpha value is -9.64. The minimum atomic E-state index is -0.687. The van der Waals surface area contributed by atoms with Crippen molar-refractivity contribution in [1.29, 1.82) is 0 Å². The standard InChI is InChI=1S/2C20H28O4.C16H26O3.C15H24O4.C14H16O.C12H16O3.C10H16O4/c2*1-4-19(2,3)18(22)23-15-17(21)24-20(13-9-6-10-14-20)16-11-7-5-8-12-16;1-4-14(2,3)13(17)19-16-8-11-5-12(9-16)7-15(18,6-11)10-16;1-5-14(3,4)13(17)18-11-12(16)19-15(6-2)9-7-8-10-15;1-3-10(2)11-4-5-13-9-14(15)7-6-12(13)8-11;1-4-12(2,3)11(14)15-10-7-5-9(13)6-8-10;1-4-10(2,3)9(12)14-7-5-6-13-8(7)11/h2*5,7-8,11-12H,4,6,9-10,13-15H2,1-3H3;11-12,18H,4-10H2,1-3H3;6H,2,5,7-11H2,1,3-4H3;4-10,15H,3H2,1-2H3;5-8,13H,4H2,1-3H3;7H,4-6H2,1-3H3. The molecule has 8 fully saturated rings. The third-order valence-corrected chi connectivity index (χ3v) is 27.8. The molecular weight excluding hydrogens is 1650 g/mol. The Morgan fingerprint density at radius 1 is 0.454 bits per heavy atom. The van der Waals surface area contributed by atoms with Crippen LogP contribution in [0.4, 0.5) is 0 Å². The molecule has 4 atom stereocenters. The van der Waals surface area contributed by atoms with Crippen LogP contribution in [-0.2, 0) is 102 Å². The van der Waals surface area contributed by atoms with Crippen molar-refractivity contribution in [2.24, 2.45) is 44.3 Å². The van der Waals surface area contributed by atoms with Gasteiger partial charge < -0.3 is 62.7 Å². The van der Waals surface area contributed by atoms with E-state index in [9.17, 15) is 58.2 Å². The summed E-state index contributed by atoms with van der Waals surface area (Å²) in [5.41, 5.74) is -2.34. The Balaban J connectivity index is 0.000000236. The molecule has 3 N–H and O–H groups in total. The average molecular weight is 1810 g/mol. The Labute approximate surface area is 774 Å². The van der Waals surface area contributed by atoms with Gasteiger partial charge in [0.2, 0.25) is 6.10 Å². The van der Waals surface area contributed by atoms with Crippen LogP contribution in [0, 0.1) is 44.3 Å². The van der Waals surface area contributed by atoms with Crippen molar-refractivity contribution in [3.05, 3.63) is 151 Å². The Morgan fingerprint density at radius 2 is 0.838 bits per heavy atom. The van der Waals surface area contributed by atoms with Crippen LogP contribution in [0.3, 0.4) is 0 Å². The fourth-order valence-corrected chi connectivity index (χ4v) is 16.5. The molecule has 1 aliphatic heterocycles. The lowest BCUT2D eigenvalue weighted by Gasteiger charge is -2.59. The van der Waals surface area contributed by atoms with Crippen LogP contribution in [-0.4, -0.2) is 124 Å². The summed E-state index contributed by atoms with van der Waals surface area (Å²) < 4.78 is 53.4. The lowest BCUT2D eigenvalue weighted by atomic mass is 9.52. The number of hydrogen-bond donors (Lipinski definition) is 3. The van der Waals surface area contributed by atoms with Gasteiger partial charge in [-0.15, -0.1) is 0 Å². The first kappa shape index (κ1) is 109. The molecular formula is C107H154O23. The van der Waals surface area contributed by atoms with E-state index in [1.54, 1.807) is 58.0 Å². The fourth-order valence-electron chi connectivity index (χ4n) is 16.5. The molecule has 0 amide bonds. The number of aliphatic hydroxyl groups is 1. The molecule has 5 aromatic carbocycles. The number of benzene rings is 5. The van der Waals surface area contributed by atoms with E-state index in [2.05, 4.69) is 38.6 Å². The van der Waals surface area contributed by atoms with Gasteiger partial charge in [-0.1, -0.05) is 160 Å². The predicted molar refractivity (Wildman–Crippen MR) is 501 cm³/mol. The molecule has 5 aromatic rings. The first-order valence-corrected chi connectivity index (χ1v) is 47.5. The highest BCUT2D eigenvalue weighted by molar-refractivity contribution is 5.86. The third kappa shape index (κ3) is 32.1. The van der Waals surface area contributed by atoms with Gasteiger partial charge in [0.1, 0.15) is 39.7 Å². The first-order valence-electron chi connectivity index (χ1n) is 47.5. The number of ether oxygens (including phenoxy) is 10. The summed E-state index contributed by atoms with van der Waals surface area (Å²) in [5, 5.41) is 31.4. The number of cyclic esters (lactones) is 1. The molecule has 23 heteroatoms. The third-order valence-electron chi connectivity index (χ3n) is 27.8. The summed E-state index contributed by atoms with van der Waals surface area (Å²) in [6.07, 6.45) is 25.9. The highest BCUT2D eigenvalue weighted by Gasteiger charge is 2.60. The van der Waals surface area contributed by atoms with E-state index in [0.29, 0.717) is 74.4 Å².